The zero-order chi connectivity index (χ0) is 31.5. The summed E-state index contributed by atoms with van der Waals surface area (Å²) in [4.78, 5) is 33.5. The van der Waals surface area contributed by atoms with E-state index in [1.54, 1.807) is 15.5 Å². The van der Waals surface area contributed by atoms with E-state index in [1.807, 2.05) is 71.8 Å². The molecule has 0 spiro atoms. The minimum atomic E-state index is -3.08. The average molecular weight is 595 g/mol. The molecule has 0 N–H and O–H groups in total. The lowest BCUT2D eigenvalue weighted by atomic mass is 9.82. The number of carbonyl (C=O) groups excluding carboxylic acids is 2. The maximum Gasteiger partial charge on any atom is 0.410 e. The van der Waals surface area contributed by atoms with Crippen molar-refractivity contribution in [1.29, 1.82) is 0 Å². The number of para-hydroxylation sites is 1. The van der Waals surface area contributed by atoms with Gasteiger partial charge in [0.05, 0.1) is 17.1 Å². The highest BCUT2D eigenvalue weighted by molar-refractivity contribution is 5.88. The van der Waals surface area contributed by atoms with Gasteiger partial charge in [-0.15, -0.1) is 0 Å². The Kier molecular flexibility index (Phi) is 9.45. The Morgan fingerprint density at radius 1 is 1.23 bits per heavy atom. The highest BCUT2D eigenvalue weighted by atomic mass is 19.3. The summed E-state index contributed by atoms with van der Waals surface area (Å²) < 4.78 is 39.2. The van der Waals surface area contributed by atoms with Crippen molar-refractivity contribution in [1.82, 2.24) is 19.4 Å². The predicted molar refractivity (Wildman–Crippen MR) is 162 cm³/mol. The van der Waals surface area contributed by atoms with Gasteiger partial charge < -0.3 is 14.4 Å². The van der Waals surface area contributed by atoms with Gasteiger partial charge in [-0.1, -0.05) is 24.8 Å². The first kappa shape index (κ1) is 32.0. The third-order valence-electron chi connectivity index (χ3n) is 7.44. The maximum atomic E-state index is 13.5. The summed E-state index contributed by atoms with van der Waals surface area (Å²) in [6.45, 7) is 7.57. The lowest BCUT2D eigenvalue weighted by molar-refractivity contribution is -0.0499. The van der Waals surface area contributed by atoms with Gasteiger partial charge >= 0.3 is 12.7 Å². The molecule has 230 valence electrons. The fourth-order valence-electron chi connectivity index (χ4n) is 5.52. The first-order valence-electron chi connectivity index (χ1n) is 14.5. The van der Waals surface area contributed by atoms with Gasteiger partial charge in [0.2, 0.25) is 0 Å². The van der Waals surface area contributed by atoms with E-state index in [0.29, 0.717) is 48.2 Å². The number of rotatable bonds is 7. The van der Waals surface area contributed by atoms with Crippen LogP contribution in [-0.2, 0) is 4.74 Å². The smallest absolute Gasteiger partial charge is 0.410 e. The number of amides is 1. The molecule has 2 aromatic carbocycles. The molecule has 4 rings (SSSR count). The van der Waals surface area contributed by atoms with Crippen molar-refractivity contribution in [3.05, 3.63) is 53.3 Å². The molecule has 0 saturated carbocycles. The van der Waals surface area contributed by atoms with Crippen molar-refractivity contribution >= 4 is 23.4 Å². The molecule has 1 saturated heterocycles. The molecule has 1 amide bonds. The number of aromatic nitrogens is 2. The Balaban J connectivity index is 1.83. The quantitative estimate of drug-likeness (QED) is 0.220. The van der Waals surface area contributed by atoms with Gasteiger partial charge in [-0.2, -0.15) is 8.78 Å². The van der Waals surface area contributed by atoms with Crippen molar-refractivity contribution in [2.24, 2.45) is 5.41 Å². The minimum absolute atomic E-state index is 0.123. The number of alkyl halides is 2. The Hall–Kier alpha value is -3.97. The van der Waals surface area contributed by atoms with E-state index in [1.165, 1.54) is 12.1 Å². The number of fused-ring (bicyclic) bond motifs is 1. The van der Waals surface area contributed by atoms with E-state index >= 15 is 0 Å². The first-order chi connectivity index (χ1) is 20.2. The monoisotopic (exact) mass is 594 g/mol. The molecule has 1 fully saturated rings. The third kappa shape index (κ3) is 7.34. The third-order valence-corrected chi connectivity index (χ3v) is 7.44. The van der Waals surface area contributed by atoms with Gasteiger partial charge in [-0.25, -0.2) is 9.78 Å². The van der Waals surface area contributed by atoms with Crippen molar-refractivity contribution in [2.45, 2.75) is 72.1 Å². The average Bonchev–Trinajstić information content (AvgIpc) is 3.28. The summed E-state index contributed by atoms with van der Waals surface area (Å²) >= 11 is 0. The largest absolute Gasteiger partial charge is 0.444 e. The number of hydrogen-bond donors (Lipinski definition) is 0. The Bertz CT molecular complexity index is 1550. The van der Waals surface area contributed by atoms with E-state index in [-0.39, 0.29) is 29.1 Å². The van der Waals surface area contributed by atoms with Gasteiger partial charge in [0, 0.05) is 29.6 Å². The van der Waals surface area contributed by atoms with E-state index in [4.69, 9.17) is 14.5 Å². The number of ether oxygens (including phenoxy) is 2. The van der Waals surface area contributed by atoms with Crippen molar-refractivity contribution in [3.8, 4) is 23.3 Å². The normalized spacial score (nSPS) is 18.0. The molecule has 8 nitrogen and oxygen atoms in total. The zero-order valence-corrected chi connectivity index (χ0v) is 25.9. The fourth-order valence-corrected chi connectivity index (χ4v) is 5.52. The molecule has 2 atom stereocenters. The maximum absolute atomic E-state index is 13.5. The highest BCUT2D eigenvalue weighted by Crippen LogP contribution is 2.36. The minimum Gasteiger partial charge on any atom is -0.444 e. The van der Waals surface area contributed by atoms with Crippen LogP contribution in [0.4, 0.5) is 13.6 Å². The Morgan fingerprint density at radius 3 is 2.60 bits per heavy atom. The van der Waals surface area contributed by atoms with Crippen molar-refractivity contribution < 1.29 is 27.8 Å². The molecule has 2 heterocycles. The lowest BCUT2D eigenvalue weighted by Crippen LogP contribution is -2.46. The molecule has 1 aromatic heterocycles. The van der Waals surface area contributed by atoms with Crippen LogP contribution < -0.4 is 4.74 Å². The van der Waals surface area contributed by atoms with Crippen LogP contribution in [0.1, 0.15) is 81.7 Å². The van der Waals surface area contributed by atoms with E-state index in [9.17, 15) is 18.4 Å². The fraction of sp³-hybridized carbons (Fsp3) is 0.485. The number of aldehydes is 1. The van der Waals surface area contributed by atoms with E-state index < -0.39 is 17.6 Å². The zero-order valence-electron chi connectivity index (χ0n) is 25.9. The number of piperidine rings is 1. The van der Waals surface area contributed by atoms with Crippen molar-refractivity contribution in [2.75, 3.05) is 27.2 Å². The molecule has 0 bridgehead atoms. The van der Waals surface area contributed by atoms with Gasteiger partial charge in [-0.3, -0.25) is 14.3 Å². The second-order valence-electron chi connectivity index (χ2n) is 12.4. The SMILES string of the molecule is CCC(c1nc2ccc(C#CC3(C)CCCN(C(=O)OC(C)(C)C)C3)cc2n1-c1c(C=O)cccc1OC(F)F)N(C)C. The van der Waals surface area contributed by atoms with E-state index in [0.717, 1.165) is 12.8 Å². The number of benzene rings is 2. The summed E-state index contributed by atoms with van der Waals surface area (Å²) in [7, 11) is 3.84. The van der Waals surface area contributed by atoms with Crippen LogP contribution >= 0.6 is 0 Å². The number of nitrogens with zero attached hydrogens (tertiary/aromatic N) is 4. The lowest BCUT2D eigenvalue weighted by Gasteiger charge is -2.37. The first-order valence-corrected chi connectivity index (χ1v) is 14.5. The van der Waals surface area contributed by atoms with Crippen LogP contribution in [0.3, 0.4) is 0 Å². The molecule has 0 aliphatic carbocycles. The molecule has 1 aliphatic heterocycles. The van der Waals surface area contributed by atoms with Crippen LogP contribution in [0, 0.1) is 17.3 Å². The van der Waals surface area contributed by atoms with Gasteiger partial charge in [0.25, 0.3) is 0 Å². The van der Waals surface area contributed by atoms with Crippen molar-refractivity contribution in [3.63, 3.8) is 0 Å². The molecular formula is C33H40F2N4O4. The van der Waals surface area contributed by atoms with Crippen LogP contribution in [0.25, 0.3) is 16.7 Å². The van der Waals surface area contributed by atoms with Crippen LogP contribution in [-0.4, -0.2) is 71.1 Å². The van der Waals surface area contributed by atoms with E-state index in [2.05, 4.69) is 11.8 Å². The molecule has 2 unspecified atom stereocenters. The highest BCUT2D eigenvalue weighted by Gasteiger charge is 2.34. The number of imidazole rings is 1. The van der Waals surface area contributed by atoms with Crippen LogP contribution in [0.2, 0.25) is 0 Å². The van der Waals surface area contributed by atoms with Crippen LogP contribution in [0.15, 0.2) is 36.4 Å². The molecule has 3 aromatic rings. The summed E-state index contributed by atoms with van der Waals surface area (Å²) in [5, 5.41) is 0. The van der Waals surface area contributed by atoms with Gasteiger partial charge in [-0.05, 0) is 91.4 Å². The number of halogens is 2. The van der Waals surface area contributed by atoms with Gasteiger partial charge in [0.15, 0.2) is 12.0 Å². The molecule has 0 radical (unpaired) electrons. The topological polar surface area (TPSA) is 76.9 Å². The summed E-state index contributed by atoms with van der Waals surface area (Å²) in [5.41, 5.74) is 1.29. The Morgan fingerprint density at radius 2 is 1.98 bits per heavy atom. The molecule has 1 aliphatic rings. The second-order valence-corrected chi connectivity index (χ2v) is 12.4. The summed E-state index contributed by atoms with van der Waals surface area (Å²) in [6.07, 6.45) is 2.59. The predicted octanol–water partition coefficient (Wildman–Crippen LogP) is 6.84. The number of hydrogen-bond acceptors (Lipinski definition) is 6. The summed E-state index contributed by atoms with van der Waals surface area (Å²) in [6, 6.07) is 9.88. The molecule has 10 heteroatoms. The Labute approximate surface area is 252 Å². The van der Waals surface area contributed by atoms with Crippen LogP contribution in [0.5, 0.6) is 5.75 Å². The number of likely N-dealkylation sites (tertiary alicyclic amines) is 1. The molecular weight excluding hydrogens is 554 g/mol. The van der Waals surface area contributed by atoms with Gasteiger partial charge in [0.1, 0.15) is 17.1 Å². The summed E-state index contributed by atoms with van der Waals surface area (Å²) in [5.74, 6) is 7.14. The molecule has 43 heavy (non-hydrogen) atoms. The standard InChI is InChI=1S/C33H40F2N4O4/c1-8-25(37(6)7)29-36-24-14-13-22(15-17-33(5)16-10-18-38(21-33)31(41)43-32(2,3)4)19-26(24)39(29)28-23(20-40)11-9-12-27(28)42-30(34)35/h9,11-14,19-20,25,30H,8,10,16,18,21H2,1-7H3. The number of carbonyl (C=O) groups is 2. The second kappa shape index (κ2) is 12.7.